The van der Waals surface area contributed by atoms with Crippen LogP contribution in [0.25, 0.3) is 10.9 Å². The van der Waals surface area contributed by atoms with Crippen molar-refractivity contribution in [3.05, 3.63) is 36.0 Å². The lowest BCUT2D eigenvalue weighted by Crippen LogP contribution is -1.87. The Hall–Kier alpha value is -1.57. The molecule has 0 saturated carbocycles. The van der Waals surface area contributed by atoms with Gasteiger partial charge in [0.05, 0.1) is 11.7 Å². The molecule has 0 amide bonds. The van der Waals surface area contributed by atoms with Crippen molar-refractivity contribution in [1.29, 1.82) is 0 Å². The van der Waals surface area contributed by atoms with Crippen LogP contribution in [-0.4, -0.2) is 10.1 Å². The Kier molecular flexibility index (Phi) is 1.89. The number of hydrogen-bond donors (Lipinski definition) is 1. The molecule has 0 spiro atoms. The van der Waals surface area contributed by atoms with E-state index < -0.39 is 0 Å². The maximum Gasteiger partial charge on any atom is 0.137 e. The van der Waals surface area contributed by atoms with Crippen molar-refractivity contribution in [2.24, 2.45) is 0 Å². The van der Waals surface area contributed by atoms with Crippen LogP contribution in [0.1, 0.15) is 12.5 Å². The zero-order chi connectivity index (χ0) is 9.26. The van der Waals surface area contributed by atoms with Crippen LogP contribution in [0, 0.1) is 0 Å². The molecule has 0 atom stereocenters. The number of aromatic nitrogens is 1. The Balaban J connectivity index is 2.84. The van der Waals surface area contributed by atoms with Gasteiger partial charge in [-0.05, 0) is 12.5 Å². The molecule has 2 rings (SSSR count). The van der Waals surface area contributed by atoms with Gasteiger partial charge in [0.1, 0.15) is 5.75 Å². The van der Waals surface area contributed by atoms with E-state index in [-0.39, 0.29) is 0 Å². The fourth-order valence-electron chi connectivity index (χ4n) is 1.56. The van der Waals surface area contributed by atoms with Gasteiger partial charge in [-0.1, -0.05) is 25.1 Å². The molecular formula is C11H11NO. The molecule has 1 N–H and O–H groups in total. The Bertz CT molecular complexity index is 437. The summed E-state index contributed by atoms with van der Waals surface area (Å²) in [4.78, 5) is 4.14. The summed E-state index contributed by atoms with van der Waals surface area (Å²) >= 11 is 0. The maximum absolute atomic E-state index is 9.55. The van der Waals surface area contributed by atoms with E-state index in [9.17, 15) is 5.11 Å². The smallest absolute Gasteiger partial charge is 0.137 e. The second kappa shape index (κ2) is 3.05. The van der Waals surface area contributed by atoms with Crippen molar-refractivity contribution in [2.75, 3.05) is 0 Å². The predicted molar refractivity (Wildman–Crippen MR) is 52.8 cm³/mol. The molecule has 66 valence electrons. The number of fused-ring (bicyclic) bond motifs is 1. The first-order valence-corrected chi connectivity index (χ1v) is 4.38. The molecule has 0 aliphatic carbocycles. The summed E-state index contributed by atoms with van der Waals surface area (Å²) in [6.07, 6.45) is 2.34. The SMILES string of the molecule is CCc1c(O)cnc2ccccc12. The van der Waals surface area contributed by atoms with Crippen LogP contribution in [0.15, 0.2) is 30.5 Å². The summed E-state index contributed by atoms with van der Waals surface area (Å²) in [5.74, 6) is 0.293. The van der Waals surface area contributed by atoms with Crippen LogP contribution in [-0.2, 0) is 6.42 Å². The van der Waals surface area contributed by atoms with E-state index in [1.54, 1.807) is 0 Å². The first-order valence-electron chi connectivity index (χ1n) is 4.38. The molecule has 0 fully saturated rings. The average molecular weight is 173 g/mol. The standard InChI is InChI=1S/C11H11NO/c1-2-8-9-5-3-4-6-10(9)12-7-11(8)13/h3-7,13H,2H2,1H3. The summed E-state index contributed by atoms with van der Waals surface area (Å²) in [7, 11) is 0. The Morgan fingerprint density at radius 3 is 2.85 bits per heavy atom. The summed E-state index contributed by atoms with van der Waals surface area (Å²) < 4.78 is 0. The molecule has 0 radical (unpaired) electrons. The van der Waals surface area contributed by atoms with Gasteiger partial charge >= 0.3 is 0 Å². The molecule has 0 saturated heterocycles. The normalized spacial score (nSPS) is 10.5. The van der Waals surface area contributed by atoms with Gasteiger partial charge in [-0.25, -0.2) is 0 Å². The fourth-order valence-corrected chi connectivity index (χ4v) is 1.56. The Labute approximate surface area is 76.9 Å². The Morgan fingerprint density at radius 1 is 1.31 bits per heavy atom. The molecular weight excluding hydrogens is 162 g/mol. The first kappa shape index (κ1) is 8.05. The van der Waals surface area contributed by atoms with E-state index in [1.807, 2.05) is 31.2 Å². The Morgan fingerprint density at radius 2 is 2.08 bits per heavy atom. The van der Waals surface area contributed by atoms with Gasteiger partial charge in [0.25, 0.3) is 0 Å². The van der Waals surface area contributed by atoms with Crippen molar-refractivity contribution in [3.8, 4) is 5.75 Å². The number of aromatic hydroxyl groups is 1. The van der Waals surface area contributed by atoms with E-state index in [4.69, 9.17) is 0 Å². The molecule has 2 nitrogen and oxygen atoms in total. The monoisotopic (exact) mass is 173 g/mol. The number of nitrogens with zero attached hydrogens (tertiary/aromatic N) is 1. The van der Waals surface area contributed by atoms with E-state index >= 15 is 0 Å². The van der Waals surface area contributed by atoms with Crippen molar-refractivity contribution in [1.82, 2.24) is 4.98 Å². The minimum absolute atomic E-state index is 0.293. The largest absolute Gasteiger partial charge is 0.506 e. The van der Waals surface area contributed by atoms with Crippen molar-refractivity contribution in [2.45, 2.75) is 13.3 Å². The van der Waals surface area contributed by atoms with Crippen LogP contribution >= 0.6 is 0 Å². The van der Waals surface area contributed by atoms with Crippen LogP contribution < -0.4 is 0 Å². The van der Waals surface area contributed by atoms with Crippen LogP contribution in [0.3, 0.4) is 0 Å². The number of aryl methyl sites for hydroxylation is 1. The second-order valence-corrected chi connectivity index (χ2v) is 2.99. The minimum Gasteiger partial charge on any atom is -0.506 e. The van der Waals surface area contributed by atoms with Crippen LogP contribution in [0.5, 0.6) is 5.75 Å². The van der Waals surface area contributed by atoms with Gasteiger partial charge in [0, 0.05) is 10.9 Å². The third-order valence-electron chi connectivity index (χ3n) is 2.22. The zero-order valence-electron chi connectivity index (χ0n) is 7.49. The molecule has 2 aromatic rings. The number of hydrogen-bond acceptors (Lipinski definition) is 2. The van der Waals surface area contributed by atoms with Crippen LogP contribution in [0.2, 0.25) is 0 Å². The van der Waals surface area contributed by atoms with Gasteiger partial charge in [0.2, 0.25) is 0 Å². The lowest BCUT2D eigenvalue weighted by molar-refractivity contribution is 0.467. The van der Waals surface area contributed by atoms with Gasteiger partial charge in [-0.15, -0.1) is 0 Å². The number of para-hydroxylation sites is 1. The lowest BCUT2D eigenvalue weighted by atomic mass is 10.1. The highest BCUT2D eigenvalue weighted by molar-refractivity contribution is 5.83. The minimum atomic E-state index is 0.293. The zero-order valence-corrected chi connectivity index (χ0v) is 7.49. The maximum atomic E-state index is 9.55. The van der Waals surface area contributed by atoms with E-state index in [2.05, 4.69) is 4.98 Å². The molecule has 2 heteroatoms. The van der Waals surface area contributed by atoms with E-state index in [1.165, 1.54) is 6.20 Å². The highest BCUT2D eigenvalue weighted by Crippen LogP contribution is 2.24. The third kappa shape index (κ3) is 1.24. The molecule has 0 aliphatic heterocycles. The van der Waals surface area contributed by atoms with E-state index in [0.717, 1.165) is 22.9 Å². The van der Waals surface area contributed by atoms with Gasteiger partial charge in [-0.2, -0.15) is 0 Å². The lowest BCUT2D eigenvalue weighted by Gasteiger charge is -2.04. The van der Waals surface area contributed by atoms with Crippen LogP contribution in [0.4, 0.5) is 0 Å². The first-order chi connectivity index (χ1) is 6.33. The number of benzene rings is 1. The molecule has 0 bridgehead atoms. The molecule has 0 unspecified atom stereocenters. The number of pyridine rings is 1. The average Bonchev–Trinajstić information content (AvgIpc) is 2.18. The summed E-state index contributed by atoms with van der Waals surface area (Å²) in [5.41, 5.74) is 1.92. The molecule has 1 heterocycles. The highest BCUT2D eigenvalue weighted by Gasteiger charge is 2.04. The van der Waals surface area contributed by atoms with Gasteiger partial charge < -0.3 is 5.11 Å². The topological polar surface area (TPSA) is 33.1 Å². The summed E-state index contributed by atoms with van der Waals surface area (Å²) in [6, 6.07) is 7.85. The van der Waals surface area contributed by atoms with Crippen molar-refractivity contribution < 1.29 is 5.11 Å². The molecule has 1 aromatic heterocycles. The molecule has 1 aromatic carbocycles. The second-order valence-electron chi connectivity index (χ2n) is 2.99. The summed E-state index contributed by atoms with van der Waals surface area (Å²) in [5, 5.41) is 10.6. The fraction of sp³-hybridized carbons (Fsp3) is 0.182. The van der Waals surface area contributed by atoms with Gasteiger partial charge in [-0.3, -0.25) is 4.98 Å². The number of rotatable bonds is 1. The quantitative estimate of drug-likeness (QED) is 0.718. The van der Waals surface area contributed by atoms with Gasteiger partial charge in [0.15, 0.2) is 0 Å². The third-order valence-corrected chi connectivity index (χ3v) is 2.22. The van der Waals surface area contributed by atoms with Crippen molar-refractivity contribution >= 4 is 10.9 Å². The summed E-state index contributed by atoms with van der Waals surface area (Å²) in [6.45, 7) is 2.03. The predicted octanol–water partition coefficient (Wildman–Crippen LogP) is 2.50. The molecule has 13 heavy (non-hydrogen) atoms. The van der Waals surface area contributed by atoms with E-state index in [0.29, 0.717) is 5.75 Å². The highest BCUT2D eigenvalue weighted by atomic mass is 16.3. The molecule has 0 aliphatic rings. The van der Waals surface area contributed by atoms with Crippen molar-refractivity contribution in [3.63, 3.8) is 0 Å².